The standard InChI is InChI=1S/C18H12ClN3O3S/c19-12-3-1-11(2-4-12)15-6-5-13(25-15)9-20-16(23)14-10-21-18-22(17(14)24)7-8-26-18/h1-8,10H,9H2,(H,20,23). The van der Waals surface area contributed by atoms with Crippen LogP contribution in [0.15, 0.2) is 63.4 Å². The average molecular weight is 386 g/mol. The van der Waals surface area contributed by atoms with Crippen molar-refractivity contribution in [3.8, 4) is 11.3 Å². The lowest BCUT2D eigenvalue weighted by atomic mass is 10.2. The van der Waals surface area contributed by atoms with E-state index in [0.717, 1.165) is 5.56 Å². The molecule has 1 aromatic carbocycles. The molecule has 8 heteroatoms. The van der Waals surface area contributed by atoms with Crippen LogP contribution in [0, 0.1) is 0 Å². The Balaban J connectivity index is 1.48. The van der Waals surface area contributed by atoms with E-state index in [1.54, 1.807) is 29.8 Å². The second-order valence-electron chi connectivity index (χ2n) is 5.49. The molecule has 130 valence electrons. The number of furan rings is 1. The predicted molar refractivity (Wildman–Crippen MR) is 99.7 cm³/mol. The van der Waals surface area contributed by atoms with Crippen molar-refractivity contribution in [1.29, 1.82) is 0 Å². The van der Waals surface area contributed by atoms with Crippen LogP contribution in [0.1, 0.15) is 16.1 Å². The van der Waals surface area contributed by atoms with Crippen LogP contribution < -0.4 is 10.9 Å². The van der Waals surface area contributed by atoms with Gasteiger partial charge in [-0.2, -0.15) is 0 Å². The van der Waals surface area contributed by atoms with Gasteiger partial charge in [0.2, 0.25) is 0 Å². The van der Waals surface area contributed by atoms with Crippen molar-refractivity contribution in [2.24, 2.45) is 0 Å². The Hall–Kier alpha value is -2.90. The van der Waals surface area contributed by atoms with E-state index in [4.69, 9.17) is 16.0 Å². The van der Waals surface area contributed by atoms with Gasteiger partial charge in [0.1, 0.15) is 17.1 Å². The molecule has 1 amide bonds. The molecule has 0 saturated heterocycles. The van der Waals surface area contributed by atoms with Gasteiger partial charge in [0.05, 0.1) is 6.54 Å². The number of rotatable bonds is 4. The maximum absolute atomic E-state index is 12.3. The molecular formula is C18H12ClN3O3S. The molecule has 0 saturated carbocycles. The third-order valence-corrected chi connectivity index (χ3v) is 4.82. The van der Waals surface area contributed by atoms with E-state index in [0.29, 0.717) is 21.5 Å². The highest BCUT2D eigenvalue weighted by Gasteiger charge is 2.14. The zero-order valence-corrected chi connectivity index (χ0v) is 14.9. The highest BCUT2D eigenvalue weighted by atomic mass is 35.5. The summed E-state index contributed by atoms with van der Waals surface area (Å²) in [6, 6.07) is 10.9. The fraction of sp³-hybridized carbons (Fsp3) is 0.0556. The first-order chi connectivity index (χ1) is 12.6. The molecular weight excluding hydrogens is 374 g/mol. The van der Waals surface area contributed by atoms with Gasteiger partial charge in [-0.3, -0.25) is 14.0 Å². The van der Waals surface area contributed by atoms with Gasteiger partial charge in [-0.05, 0) is 36.4 Å². The number of nitrogens with one attached hydrogen (secondary N) is 1. The minimum Gasteiger partial charge on any atom is -0.459 e. The first-order valence-corrected chi connectivity index (χ1v) is 8.95. The number of aromatic nitrogens is 2. The van der Waals surface area contributed by atoms with Crippen molar-refractivity contribution in [2.75, 3.05) is 0 Å². The number of amides is 1. The van der Waals surface area contributed by atoms with Crippen molar-refractivity contribution >= 4 is 33.8 Å². The maximum atomic E-state index is 12.3. The minimum absolute atomic E-state index is 0.00891. The normalized spacial score (nSPS) is 11.0. The van der Waals surface area contributed by atoms with Crippen LogP contribution in [0.4, 0.5) is 0 Å². The summed E-state index contributed by atoms with van der Waals surface area (Å²) in [7, 11) is 0. The topological polar surface area (TPSA) is 76.6 Å². The van der Waals surface area contributed by atoms with E-state index >= 15 is 0 Å². The molecule has 0 radical (unpaired) electrons. The Morgan fingerprint density at radius 1 is 1.23 bits per heavy atom. The summed E-state index contributed by atoms with van der Waals surface area (Å²) >= 11 is 7.21. The molecule has 0 unspecified atom stereocenters. The Morgan fingerprint density at radius 2 is 2.04 bits per heavy atom. The van der Waals surface area contributed by atoms with Crippen LogP contribution in [0.2, 0.25) is 5.02 Å². The van der Waals surface area contributed by atoms with Crippen molar-refractivity contribution in [3.05, 3.63) is 80.9 Å². The molecule has 4 rings (SSSR count). The number of carbonyl (C=O) groups excluding carboxylic acids is 1. The monoisotopic (exact) mass is 385 g/mol. The zero-order valence-electron chi connectivity index (χ0n) is 13.3. The van der Waals surface area contributed by atoms with Crippen LogP contribution in [-0.2, 0) is 6.54 Å². The number of hydrogen-bond donors (Lipinski definition) is 1. The molecule has 0 atom stereocenters. The highest BCUT2D eigenvalue weighted by molar-refractivity contribution is 7.15. The van der Waals surface area contributed by atoms with E-state index in [1.165, 1.54) is 21.9 Å². The zero-order chi connectivity index (χ0) is 18.1. The van der Waals surface area contributed by atoms with Crippen molar-refractivity contribution in [2.45, 2.75) is 6.54 Å². The summed E-state index contributed by atoms with van der Waals surface area (Å²) in [4.78, 5) is 29.3. The summed E-state index contributed by atoms with van der Waals surface area (Å²) in [5.74, 6) is 0.757. The first kappa shape index (κ1) is 16.6. The number of benzene rings is 1. The van der Waals surface area contributed by atoms with Crippen LogP contribution in [0.25, 0.3) is 16.3 Å². The van der Waals surface area contributed by atoms with E-state index in [9.17, 15) is 9.59 Å². The van der Waals surface area contributed by atoms with Crippen molar-refractivity contribution in [3.63, 3.8) is 0 Å². The van der Waals surface area contributed by atoms with Crippen LogP contribution in [-0.4, -0.2) is 15.3 Å². The quantitative estimate of drug-likeness (QED) is 0.582. The fourth-order valence-electron chi connectivity index (χ4n) is 2.49. The van der Waals surface area contributed by atoms with Gasteiger partial charge >= 0.3 is 0 Å². The van der Waals surface area contributed by atoms with Gasteiger partial charge < -0.3 is 9.73 Å². The van der Waals surface area contributed by atoms with Crippen LogP contribution >= 0.6 is 22.9 Å². The van der Waals surface area contributed by atoms with E-state index in [-0.39, 0.29) is 12.1 Å². The van der Waals surface area contributed by atoms with Gasteiger partial charge in [-0.1, -0.05) is 11.6 Å². The smallest absolute Gasteiger partial charge is 0.271 e. The number of nitrogens with zero attached hydrogens (tertiary/aromatic N) is 2. The Labute approximate surface area is 156 Å². The number of thiazole rings is 1. The first-order valence-electron chi connectivity index (χ1n) is 7.69. The fourth-order valence-corrected chi connectivity index (χ4v) is 3.29. The lowest BCUT2D eigenvalue weighted by Gasteiger charge is -2.03. The van der Waals surface area contributed by atoms with Gasteiger partial charge in [-0.25, -0.2) is 4.98 Å². The Morgan fingerprint density at radius 3 is 2.85 bits per heavy atom. The molecule has 26 heavy (non-hydrogen) atoms. The number of carbonyl (C=O) groups is 1. The molecule has 3 heterocycles. The Kier molecular flexibility index (Phi) is 4.32. The average Bonchev–Trinajstić information content (AvgIpc) is 3.30. The molecule has 0 spiro atoms. The minimum atomic E-state index is -0.493. The third kappa shape index (κ3) is 3.14. The molecule has 3 aromatic heterocycles. The van der Waals surface area contributed by atoms with E-state index in [1.807, 2.05) is 18.2 Å². The van der Waals surface area contributed by atoms with Gasteiger partial charge in [0.15, 0.2) is 4.96 Å². The SMILES string of the molecule is O=C(NCc1ccc(-c2ccc(Cl)cc2)o1)c1cnc2sccn2c1=O. The summed E-state index contributed by atoms with van der Waals surface area (Å²) in [6.45, 7) is 0.165. The summed E-state index contributed by atoms with van der Waals surface area (Å²) < 4.78 is 7.08. The van der Waals surface area contributed by atoms with Crippen LogP contribution in [0.3, 0.4) is 0 Å². The molecule has 0 aliphatic rings. The highest BCUT2D eigenvalue weighted by Crippen LogP contribution is 2.23. The molecule has 1 N–H and O–H groups in total. The Bertz CT molecular complexity index is 1140. The van der Waals surface area contributed by atoms with E-state index < -0.39 is 11.5 Å². The summed E-state index contributed by atoms with van der Waals surface area (Å²) in [5, 5.41) is 5.07. The molecule has 0 bridgehead atoms. The number of hydrogen-bond acceptors (Lipinski definition) is 5. The second kappa shape index (κ2) is 6.78. The molecule has 6 nitrogen and oxygen atoms in total. The van der Waals surface area contributed by atoms with Gasteiger partial charge in [0.25, 0.3) is 11.5 Å². The molecule has 0 fully saturated rings. The second-order valence-corrected chi connectivity index (χ2v) is 6.80. The van der Waals surface area contributed by atoms with Gasteiger partial charge in [0, 0.05) is 28.4 Å². The largest absolute Gasteiger partial charge is 0.459 e. The van der Waals surface area contributed by atoms with Crippen molar-refractivity contribution < 1.29 is 9.21 Å². The lowest BCUT2D eigenvalue weighted by molar-refractivity contribution is 0.0946. The maximum Gasteiger partial charge on any atom is 0.271 e. The summed E-state index contributed by atoms with van der Waals surface area (Å²) in [6.07, 6.45) is 2.89. The third-order valence-electron chi connectivity index (χ3n) is 3.80. The van der Waals surface area contributed by atoms with Crippen LogP contribution in [0.5, 0.6) is 0 Å². The summed E-state index contributed by atoms with van der Waals surface area (Å²) in [5.41, 5.74) is 0.484. The predicted octanol–water partition coefficient (Wildman–Crippen LogP) is 3.60. The molecule has 0 aliphatic heterocycles. The number of fused-ring (bicyclic) bond motifs is 1. The van der Waals surface area contributed by atoms with Crippen molar-refractivity contribution in [1.82, 2.24) is 14.7 Å². The van der Waals surface area contributed by atoms with Gasteiger partial charge in [-0.15, -0.1) is 11.3 Å². The number of halogens is 1. The van der Waals surface area contributed by atoms with E-state index in [2.05, 4.69) is 10.3 Å². The molecule has 0 aliphatic carbocycles. The molecule has 4 aromatic rings. The lowest BCUT2D eigenvalue weighted by Crippen LogP contribution is -2.30.